The number of ketones is 1. The van der Waals surface area contributed by atoms with Crippen LogP contribution in [-0.2, 0) is 38.5 Å². The lowest BCUT2D eigenvalue weighted by atomic mass is 10.0. The number of nitrogens with zero attached hydrogens (tertiary/aromatic N) is 1. The van der Waals surface area contributed by atoms with E-state index in [4.69, 9.17) is 29.3 Å². The Morgan fingerprint density at radius 1 is 0.476 bits per heavy atom. The van der Waals surface area contributed by atoms with Crippen LogP contribution in [-0.4, -0.2) is 23.4 Å². The Bertz CT molecular complexity index is 3390. The lowest BCUT2D eigenvalue weighted by Gasteiger charge is -2.20. The minimum absolute atomic E-state index is 0. The molecule has 0 spiro atoms. The van der Waals surface area contributed by atoms with E-state index in [9.17, 15) is 4.79 Å². The summed E-state index contributed by atoms with van der Waals surface area (Å²) in [7, 11) is 0. The van der Waals surface area contributed by atoms with Crippen molar-refractivity contribution in [3.63, 3.8) is 0 Å². The van der Waals surface area contributed by atoms with Gasteiger partial charge in [0.05, 0.1) is 17.9 Å². The van der Waals surface area contributed by atoms with E-state index in [1.165, 1.54) is 104 Å². The first-order valence-corrected chi connectivity index (χ1v) is 30.9. The molecule has 6 nitrogen and oxygen atoms in total. The fourth-order valence-electron chi connectivity index (χ4n) is 12.0. The molecule has 0 bridgehead atoms. The molecule has 6 atom stereocenters. The predicted octanol–water partition coefficient (Wildman–Crippen LogP) is 16.6. The van der Waals surface area contributed by atoms with Crippen molar-refractivity contribution < 1.29 is 4.79 Å². The third-order valence-corrected chi connectivity index (χ3v) is 16.8. The second-order valence-electron chi connectivity index (χ2n) is 21.9. The van der Waals surface area contributed by atoms with Gasteiger partial charge in [0.2, 0.25) is 0 Å². The van der Waals surface area contributed by atoms with E-state index in [-0.39, 0.29) is 18.4 Å². The zero-order valence-corrected chi connectivity index (χ0v) is 51.3. The summed E-state index contributed by atoms with van der Waals surface area (Å²) in [4.78, 5) is 16.0. The highest BCUT2D eigenvalue weighted by Gasteiger charge is 2.24. The first-order valence-electron chi connectivity index (χ1n) is 29.8. The summed E-state index contributed by atoms with van der Waals surface area (Å²) in [5.41, 5.74) is 32.0. The number of hydrogen-bond acceptors (Lipinski definition) is 6. The van der Waals surface area contributed by atoms with Gasteiger partial charge in [0.25, 0.3) is 0 Å². The number of aliphatic imine (C=N–C) groups is 1. The number of fused-ring (bicyclic) bond motifs is 6. The molecule has 0 radical (unpaired) electrons. The largest absolute Gasteiger partial charge is 0.324 e. The standard InChI is InChI=1S/C17H19N.C17H17N.C12H13N.2C9H11N.C9H8O.C3H3Br.ClH/c2*1-13(14-7-3-2-4-8-14)18-17-12-11-15-9-5-6-10-16(15)17;1-2-9-13-12-8-7-10-5-3-4-6-11(10)12;3*10-9-6-5-7-3-1-2-4-8(7)9;1-2-3-4;/h2-10,13,17-18H,11-12H2,1H3;2-10,13H,11-12H2,1H3;1,3-6,12-13H,7-9H2;2*1-4,9H,5-6,10H2;1-4H,5-6H2;1H,3H2;1H/t13?,17-;;12-;2*9-;;;/m1.111.../s1. The summed E-state index contributed by atoms with van der Waals surface area (Å²) in [5, 5.41) is 7.76. The van der Waals surface area contributed by atoms with Crippen molar-refractivity contribution >= 4 is 39.8 Å². The van der Waals surface area contributed by atoms with Gasteiger partial charge in [-0.2, -0.15) is 0 Å². The normalized spacial score (nSPS) is 18.5. The summed E-state index contributed by atoms with van der Waals surface area (Å²) in [6.45, 7) is 5.08. The number of aryl methyl sites for hydroxylation is 6. The van der Waals surface area contributed by atoms with Crippen LogP contribution in [0.1, 0.15) is 171 Å². The Hall–Kier alpha value is -7.17. The molecule has 6 aliphatic rings. The molecule has 6 aliphatic carbocycles. The topological polar surface area (TPSA) is 106 Å². The van der Waals surface area contributed by atoms with Crippen LogP contribution in [0, 0.1) is 24.7 Å². The number of terminal acetylenes is 2. The zero-order valence-electron chi connectivity index (χ0n) is 48.9. The van der Waals surface area contributed by atoms with Crippen LogP contribution in [0.2, 0.25) is 0 Å². The minimum Gasteiger partial charge on any atom is -0.324 e. The maximum Gasteiger partial charge on any atom is 0.163 e. The fraction of sp³-hybridized carbons (Fsp3) is 0.289. The van der Waals surface area contributed by atoms with Gasteiger partial charge < -0.3 is 16.8 Å². The van der Waals surface area contributed by atoms with E-state index in [2.05, 4.69) is 228 Å². The zero-order chi connectivity index (χ0) is 58.2. The van der Waals surface area contributed by atoms with Crippen LogP contribution in [0.4, 0.5) is 0 Å². The number of hydrogen-bond donors (Lipinski definition) is 4. The van der Waals surface area contributed by atoms with Crippen molar-refractivity contribution in [1.29, 1.82) is 0 Å². The van der Waals surface area contributed by atoms with Gasteiger partial charge in [-0.1, -0.05) is 234 Å². The Morgan fingerprint density at radius 3 is 1.37 bits per heavy atom. The average molecular weight is 1200 g/mol. The number of Topliss-reactive ketones (excluding diaryl/α,β-unsaturated/α-hetero) is 1. The summed E-state index contributed by atoms with van der Waals surface area (Å²) in [6, 6.07) is 74.1. The molecule has 8 heteroatoms. The summed E-state index contributed by atoms with van der Waals surface area (Å²) in [6.07, 6.45) is 23.2. The molecule has 8 aromatic carbocycles. The molecular formula is C76H83BrClN5O. The van der Waals surface area contributed by atoms with E-state index in [0.29, 0.717) is 54.3 Å². The maximum atomic E-state index is 11.1. The minimum atomic E-state index is 0. The molecule has 0 saturated carbocycles. The van der Waals surface area contributed by atoms with Crippen molar-refractivity contribution in [3.05, 3.63) is 284 Å². The number of alkyl halides is 1. The Kier molecular flexibility index (Phi) is 26.0. The fourth-order valence-corrected chi connectivity index (χ4v) is 12.0. The summed E-state index contributed by atoms with van der Waals surface area (Å²) in [5.74, 6) is 5.26. The highest BCUT2D eigenvalue weighted by atomic mass is 79.9. The van der Waals surface area contributed by atoms with E-state index >= 15 is 0 Å². The second-order valence-corrected chi connectivity index (χ2v) is 22.5. The third kappa shape index (κ3) is 18.2. The maximum absolute atomic E-state index is 11.1. The van der Waals surface area contributed by atoms with Crippen LogP contribution in [0.25, 0.3) is 0 Å². The molecule has 0 saturated heterocycles. The van der Waals surface area contributed by atoms with Crippen molar-refractivity contribution in [1.82, 2.24) is 10.6 Å². The van der Waals surface area contributed by atoms with Crippen LogP contribution < -0.4 is 22.1 Å². The smallest absolute Gasteiger partial charge is 0.163 e. The Balaban J connectivity index is 0.000000145. The lowest BCUT2D eigenvalue weighted by Crippen LogP contribution is -2.22. The van der Waals surface area contributed by atoms with Crippen molar-refractivity contribution in [2.24, 2.45) is 16.5 Å². The predicted molar refractivity (Wildman–Crippen MR) is 358 cm³/mol. The first-order chi connectivity index (χ1) is 40.6. The SMILES string of the molecule is C#CCBr.C#CCN[C@@H]1CCc2ccccc21.CC(N=C1CCc2ccccc21)c1ccccc1.CC(N[C@@H]1CCc2ccccc21)c1ccccc1.Cl.N[C@@H]1CCc2ccccc21.N[C@@H]1CCc2ccccc21.O=C1CCc2ccccc21. The van der Waals surface area contributed by atoms with Crippen LogP contribution in [0.5, 0.6) is 0 Å². The van der Waals surface area contributed by atoms with E-state index in [1.807, 2.05) is 30.3 Å². The molecule has 6 N–H and O–H groups in total. The summed E-state index contributed by atoms with van der Waals surface area (Å²) < 4.78 is 0. The lowest BCUT2D eigenvalue weighted by molar-refractivity contribution is 0.0994. The number of nitrogens with one attached hydrogen (secondary N) is 2. The molecule has 432 valence electrons. The van der Waals surface area contributed by atoms with Crippen molar-refractivity contribution in [2.75, 3.05) is 11.9 Å². The van der Waals surface area contributed by atoms with Crippen LogP contribution in [0.15, 0.2) is 211 Å². The quantitative estimate of drug-likeness (QED) is 0.0940. The highest BCUT2D eigenvalue weighted by Crippen LogP contribution is 2.34. The van der Waals surface area contributed by atoms with Gasteiger partial charge in [-0.05, 0) is 157 Å². The number of halogens is 2. The summed E-state index contributed by atoms with van der Waals surface area (Å²) >= 11 is 3.01. The van der Waals surface area contributed by atoms with Crippen molar-refractivity contribution in [2.45, 2.75) is 127 Å². The third-order valence-electron chi connectivity index (χ3n) is 16.4. The second kappa shape index (κ2) is 34.0. The van der Waals surface area contributed by atoms with Gasteiger partial charge in [0.1, 0.15) is 0 Å². The number of carbonyl (C=O) groups is 1. The van der Waals surface area contributed by atoms with Gasteiger partial charge >= 0.3 is 0 Å². The number of benzene rings is 8. The molecule has 0 aliphatic heterocycles. The van der Waals surface area contributed by atoms with Gasteiger partial charge in [0.15, 0.2) is 5.78 Å². The molecule has 8 aromatic rings. The van der Waals surface area contributed by atoms with Gasteiger partial charge in [-0.15, -0.1) is 25.3 Å². The molecule has 0 aromatic heterocycles. The molecule has 0 amide bonds. The number of carbonyl (C=O) groups excluding carboxylic acids is 1. The van der Waals surface area contributed by atoms with E-state index in [0.717, 1.165) is 50.5 Å². The molecule has 0 fully saturated rings. The van der Waals surface area contributed by atoms with Crippen LogP contribution >= 0.6 is 28.3 Å². The molecular weight excluding hydrogens is 1110 g/mol. The molecule has 0 heterocycles. The first kappa shape index (κ1) is 64.4. The Labute approximate surface area is 516 Å². The van der Waals surface area contributed by atoms with Gasteiger partial charge in [-0.25, -0.2) is 0 Å². The monoisotopic (exact) mass is 1200 g/mol. The molecule has 2 unspecified atom stereocenters. The Morgan fingerprint density at radius 2 is 0.869 bits per heavy atom. The van der Waals surface area contributed by atoms with Gasteiger partial charge in [0, 0.05) is 47.9 Å². The highest BCUT2D eigenvalue weighted by molar-refractivity contribution is 9.09. The van der Waals surface area contributed by atoms with Crippen LogP contribution in [0.3, 0.4) is 0 Å². The number of nitrogens with two attached hydrogens (primary N) is 2. The van der Waals surface area contributed by atoms with E-state index in [1.54, 1.807) is 0 Å². The molecule has 84 heavy (non-hydrogen) atoms. The van der Waals surface area contributed by atoms with Crippen molar-refractivity contribution in [3.8, 4) is 24.7 Å². The van der Waals surface area contributed by atoms with E-state index < -0.39 is 0 Å². The van der Waals surface area contributed by atoms with Gasteiger partial charge in [-0.3, -0.25) is 15.1 Å². The molecule has 14 rings (SSSR count). The number of rotatable bonds is 7. The average Bonchev–Trinajstić information content (AvgIpc) is 4.64.